The highest BCUT2D eigenvalue weighted by Gasteiger charge is 2.18. The minimum absolute atomic E-state index is 0.0639. The second-order valence-electron chi connectivity index (χ2n) is 7.40. The van der Waals surface area contributed by atoms with Gasteiger partial charge >= 0.3 is 0 Å². The molecule has 1 heterocycles. The lowest BCUT2D eigenvalue weighted by atomic mass is 10.1. The number of amides is 2. The number of carbonyl (C=O) groups is 2. The molecular formula is C24H25N3O2. The number of fused-ring (bicyclic) bond motifs is 1. The van der Waals surface area contributed by atoms with Gasteiger partial charge in [0.1, 0.15) is 0 Å². The van der Waals surface area contributed by atoms with Crippen LogP contribution in [-0.2, 0) is 4.79 Å². The van der Waals surface area contributed by atoms with Crippen LogP contribution in [0.15, 0.2) is 66.7 Å². The molecule has 2 amide bonds. The van der Waals surface area contributed by atoms with Crippen LogP contribution in [0.2, 0.25) is 0 Å². The standard InChI is InChI=1S/C24H25N3O2/c28-23(26-22-12-11-18-7-2-3-8-19(18)15-22)17-25-21-10-6-9-20(16-21)24(29)27-13-4-1-5-14-27/h2-3,6-12,15-16,25H,1,4-5,13-14,17H2,(H,26,28). The fraction of sp³-hybridized carbons (Fsp3) is 0.250. The summed E-state index contributed by atoms with van der Waals surface area (Å²) in [6.45, 7) is 1.78. The summed E-state index contributed by atoms with van der Waals surface area (Å²) in [5, 5.41) is 8.26. The summed E-state index contributed by atoms with van der Waals surface area (Å²) in [5.74, 6) is -0.0676. The quantitative estimate of drug-likeness (QED) is 0.677. The van der Waals surface area contributed by atoms with E-state index in [9.17, 15) is 9.59 Å². The first-order valence-electron chi connectivity index (χ1n) is 10.1. The highest BCUT2D eigenvalue weighted by molar-refractivity contribution is 5.97. The number of nitrogens with one attached hydrogen (secondary N) is 2. The van der Waals surface area contributed by atoms with Crippen molar-refractivity contribution in [2.75, 3.05) is 30.3 Å². The smallest absolute Gasteiger partial charge is 0.253 e. The number of likely N-dealkylation sites (tertiary alicyclic amines) is 1. The zero-order chi connectivity index (χ0) is 20.1. The summed E-state index contributed by atoms with van der Waals surface area (Å²) in [4.78, 5) is 26.9. The van der Waals surface area contributed by atoms with Crippen LogP contribution >= 0.6 is 0 Å². The molecule has 1 fully saturated rings. The molecule has 0 saturated carbocycles. The molecule has 5 heteroatoms. The molecule has 0 aliphatic carbocycles. The van der Waals surface area contributed by atoms with E-state index in [1.807, 2.05) is 71.6 Å². The van der Waals surface area contributed by atoms with Crippen molar-refractivity contribution in [2.24, 2.45) is 0 Å². The molecule has 29 heavy (non-hydrogen) atoms. The van der Waals surface area contributed by atoms with Crippen molar-refractivity contribution >= 4 is 34.0 Å². The van der Waals surface area contributed by atoms with Crippen LogP contribution in [0.25, 0.3) is 10.8 Å². The number of carbonyl (C=O) groups excluding carboxylic acids is 2. The maximum absolute atomic E-state index is 12.7. The highest BCUT2D eigenvalue weighted by atomic mass is 16.2. The van der Waals surface area contributed by atoms with Gasteiger partial charge in [-0.2, -0.15) is 0 Å². The Labute approximate surface area is 170 Å². The number of piperidine rings is 1. The number of benzene rings is 3. The molecule has 0 atom stereocenters. The van der Waals surface area contributed by atoms with Crippen LogP contribution in [0.1, 0.15) is 29.6 Å². The van der Waals surface area contributed by atoms with Crippen molar-refractivity contribution < 1.29 is 9.59 Å². The van der Waals surface area contributed by atoms with E-state index in [0.717, 1.165) is 48.1 Å². The lowest BCUT2D eigenvalue weighted by Gasteiger charge is -2.26. The van der Waals surface area contributed by atoms with Crippen molar-refractivity contribution in [3.63, 3.8) is 0 Å². The topological polar surface area (TPSA) is 61.4 Å². The normalized spacial score (nSPS) is 13.9. The number of hydrogen-bond acceptors (Lipinski definition) is 3. The molecule has 0 bridgehead atoms. The summed E-state index contributed by atoms with van der Waals surface area (Å²) >= 11 is 0. The van der Waals surface area contributed by atoms with Gasteiger partial charge in [0, 0.05) is 30.0 Å². The number of anilines is 2. The van der Waals surface area contributed by atoms with E-state index in [0.29, 0.717) is 5.56 Å². The third-order valence-corrected chi connectivity index (χ3v) is 5.24. The van der Waals surface area contributed by atoms with Crippen molar-refractivity contribution in [1.82, 2.24) is 4.90 Å². The Balaban J connectivity index is 1.35. The van der Waals surface area contributed by atoms with Gasteiger partial charge in [0.15, 0.2) is 0 Å². The summed E-state index contributed by atoms with van der Waals surface area (Å²) in [6.07, 6.45) is 3.33. The SMILES string of the molecule is O=C(CNc1cccc(C(=O)N2CCCCC2)c1)Nc1ccc2ccccc2c1. The fourth-order valence-electron chi connectivity index (χ4n) is 3.70. The lowest BCUT2D eigenvalue weighted by molar-refractivity contribution is -0.114. The Hall–Kier alpha value is -3.34. The maximum Gasteiger partial charge on any atom is 0.253 e. The number of rotatable bonds is 5. The molecule has 1 aliphatic heterocycles. The molecule has 5 nitrogen and oxygen atoms in total. The van der Waals surface area contributed by atoms with Gasteiger partial charge in [0.25, 0.3) is 5.91 Å². The van der Waals surface area contributed by atoms with Gasteiger partial charge in [-0.3, -0.25) is 9.59 Å². The number of nitrogens with zero attached hydrogens (tertiary/aromatic N) is 1. The Bertz CT molecular complexity index is 1030. The number of hydrogen-bond donors (Lipinski definition) is 2. The van der Waals surface area contributed by atoms with Crippen LogP contribution in [0, 0.1) is 0 Å². The van der Waals surface area contributed by atoms with Gasteiger partial charge in [0.2, 0.25) is 5.91 Å². The van der Waals surface area contributed by atoms with Gasteiger partial charge in [-0.05, 0) is 60.4 Å². The monoisotopic (exact) mass is 387 g/mol. The van der Waals surface area contributed by atoms with Gasteiger partial charge in [-0.25, -0.2) is 0 Å². The molecule has 0 spiro atoms. The molecule has 1 saturated heterocycles. The zero-order valence-electron chi connectivity index (χ0n) is 16.4. The average molecular weight is 387 g/mol. The van der Waals surface area contributed by atoms with E-state index in [-0.39, 0.29) is 18.4 Å². The summed E-state index contributed by atoms with van der Waals surface area (Å²) in [6, 6.07) is 21.3. The van der Waals surface area contributed by atoms with Crippen LogP contribution in [0.4, 0.5) is 11.4 Å². The van der Waals surface area contributed by atoms with E-state index < -0.39 is 0 Å². The van der Waals surface area contributed by atoms with Crippen molar-refractivity contribution in [3.05, 3.63) is 72.3 Å². The van der Waals surface area contributed by atoms with Crippen molar-refractivity contribution in [1.29, 1.82) is 0 Å². The Morgan fingerprint density at radius 3 is 2.41 bits per heavy atom. The molecule has 4 rings (SSSR count). The Kier molecular flexibility index (Phi) is 5.75. The summed E-state index contributed by atoms with van der Waals surface area (Å²) in [7, 11) is 0. The fourth-order valence-corrected chi connectivity index (χ4v) is 3.70. The first-order chi connectivity index (χ1) is 14.2. The molecule has 3 aromatic carbocycles. The molecule has 0 aromatic heterocycles. The molecule has 0 radical (unpaired) electrons. The van der Waals surface area contributed by atoms with E-state index in [1.54, 1.807) is 0 Å². The van der Waals surface area contributed by atoms with Gasteiger partial charge in [-0.15, -0.1) is 0 Å². The average Bonchev–Trinajstić information content (AvgIpc) is 2.78. The predicted molar refractivity (Wildman–Crippen MR) is 117 cm³/mol. The molecular weight excluding hydrogens is 362 g/mol. The molecule has 148 valence electrons. The molecule has 3 aromatic rings. The van der Waals surface area contributed by atoms with Gasteiger partial charge in [0.05, 0.1) is 6.54 Å². The third kappa shape index (κ3) is 4.74. The van der Waals surface area contributed by atoms with Crippen LogP contribution in [-0.4, -0.2) is 36.3 Å². The zero-order valence-corrected chi connectivity index (χ0v) is 16.4. The summed E-state index contributed by atoms with van der Waals surface area (Å²) < 4.78 is 0. The predicted octanol–water partition coefficient (Wildman–Crippen LogP) is 4.52. The molecule has 2 N–H and O–H groups in total. The van der Waals surface area contributed by atoms with Crippen molar-refractivity contribution in [2.45, 2.75) is 19.3 Å². The second kappa shape index (κ2) is 8.78. The maximum atomic E-state index is 12.7. The highest BCUT2D eigenvalue weighted by Crippen LogP contribution is 2.19. The van der Waals surface area contributed by atoms with Crippen LogP contribution in [0.3, 0.4) is 0 Å². The van der Waals surface area contributed by atoms with E-state index >= 15 is 0 Å². The Morgan fingerprint density at radius 1 is 0.793 bits per heavy atom. The Morgan fingerprint density at radius 2 is 1.59 bits per heavy atom. The summed E-state index contributed by atoms with van der Waals surface area (Å²) in [5.41, 5.74) is 2.19. The molecule has 1 aliphatic rings. The minimum Gasteiger partial charge on any atom is -0.376 e. The van der Waals surface area contributed by atoms with Crippen molar-refractivity contribution in [3.8, 4) is 0 Å². The largest absolute Gasteiger partial charge is 0.376 e. The lowest BCUT2D eigenvalue weighted by Crippen LogP contribution is -2.35. The van der Waals surface area contributed by atoms with E-state index in [2.05, 4.69) is 10.6 Å². The third-order valence-electron chi connectivity index (χ3n) is 5.24. The van der Waals surface area contributed by atoms with Gasteiger partial charge in [-0.1, -0.05) is 36.4 Å². The van der Waals surface area contributed by atoms with E-state index in [1.165, 1.54) is 6.42 Å². The first-order valence-corrected chi connectivity index (χ1v) is 10.1. The van der Waals surface area contributed by atoms with Crippen LogP contribution in [0.5, 0.6) is 0 Å². The van der Waals surface area contributed by atoms with Crippen LogP contribution < -0.4 is 10.6 Å². The molecule has 0 unspecified atom stereocenters. The minimum atomic E-state index is -0.131. The first kappa shape index (κ1) is 19.0. The second-order valence-corrected chi connectivity index (χ2v) is 7.40. The van der Waals surface area contributed by atoms with Gasteiger partial charge < -0.3 is 15.5 Å². The van der Waals surface area contributed by atoms with E-state index in [4.69, 9.17) is 0 Å².